The lowest BCUT2D eigenvalue weighted by Crippen LogP contribution is -2.48. The molecule has 4 rings (SSSR count). The monoisotopic (exact) mass is 456 g/mol. The molecule has 2 aliphatic heterocycles. The van der Waals surface area contributed by atoms with Crippen LogP contribution in [0.15, 0.2) is 42.5 Å². The van der Waals surface area contributed by atoms with Crippen molar-refractivity contribution in [3.63, 3.8) is 0 Å². The highest BCUT2D eigenvalue weighted by atomic mass is 19.1. The first-order chi connectivity index (χ1) is 16.1. The largest absolute Gasteiger partial charge is 0.496 e. The maximum absolute atomic E-state index is 13.8. The number of halogens is 1. The summed E-state index contributed by atoms with van der Waals surface area (Å²) in [5, 5.41) is 3.18. The fourth-order valence-electron chi connectivity index (χ4n) is 4.68. The van der Waals surface area contributed by atoms with Crippen molar-refractivity contribution in [2.75, 3.05) is 59.7 Å². The normalized spacial score (nSPS) is 18.6. The minimum Gasteiger partial charge on any atom is -0.496 e. The van der Waals surface area contributed by atoms with Crippen molar-refractivity contribution < 1.29 is 23.4 Å². The van der Waals surface area contributed by atoms with Crippen LogP contribution in [0, 0.1) is 11.2 Å². The summed E-state index contributed by atoms with van der Waals surface area (Å²) in [6, 6.07) is 12.5. The van der Waals surface area contributed by atoms with Crippen LogP contribution in [0.4, 0.5) is 4.39 Å². The molecule has 0 unspecified atom stereocenters. The molecule has 0 atom stereocenters. The molecule has 2 aliphatic rings. The van der Waals surface area contributed by atoms with Crippen LogP contribution in [0.25, 0.3) is 11.1 Å². The molecular weight excluding hydrogens is 423 g/mol. The molecule has 2 saturated heterocycles. The highest BCUT2D eigenvalue weighted by Gasteiger charge is 2.40. The van der Waals surface area contributed by atoms with E-state index in [9.17, 15) is 9.18 Å². The van der Waals surface area contributed by atoms with E-state index in [0.29, 0.717) is 50.3 Å². The van der Waals surface area contributed by atoms with Gasteiger partial charge in [0.05, 0.1) is 25.7 Å². The molecular formula is C26H33FN2O4. The molecule has 1 amide bonds. The van der Waals surface area contributed by atoms with Gasteiger partial charge >= 0.3 is 0 Å². The second-order valence-corrected chi connectivity index (χ2v) is 8.82. The number of benzene rings is 2. The molecule has 2 aromatic carbocycles. The van der Waals surface area contributed by atoms with Gasteiger partial charge in [0.1, 0.15) is 11.6 Å². The molecule has 1 N–H and O–H groups in total. The van der Waals surface area contributed by atoms with E-state index in [-0.39, 0.29) is 11.7 Å². The molecule has 0 aliphatic carbocycles. The number of nitrogens with one attached hydrogen (secondary N) is 1. The van der Waals surface area contributed by atoms with E-state index >= 15 is 0 Å². The average molecular weight is 457 g/mol. The van der Waals surface area contributed by atoms with Gasteiger partial charge in [0.2, 0.25) is 5.91 Å². The lowest BCUT2D eigenvalue weighted by molar-refractivity contribution is -0.136. The van der Waals surface area contributed by atoms with Crippen LogP contribution in [-0.2, 0) is 20.7 Å². The second kappa shape index (κ2) is 11.1. The van der Waals surface area contributed by atoms with Crippen LogP contribution in [0.5, 0.6) is 5.75 Å². The third-order valence-electron chi connectivity index (χ3n) is 6.72. The number of hydrogen-bond acceptors (Lipinski definition) is 5. The Hall–Kier alpha value is -2.48. The molecule has 2 heterocycles. The van der Waals surface area contributed by atoms with Gasteiger partial charge in [0, 0.05) is 45.0 Å². The van der Waals surface area contributed by atoms with E-state index in [0.717, 1.165) is 44.0 Å². The summed E-state index contributed by atoms with van der Waals surface area (Å²) in [6.45, 7) is 6.00. The van der Waals surface area contributed by atoms with Crippen molar-refractivity contribution in [1.82, 2.24) is 10.2 Å². The first kappa shape index (κ1) is 23.7. The quantitative estimate of drug-likeness (QED) is 0.661. The van der Waals surface area contributed by atoms with E-state index in [1.807, 2.05) is 24.3 Å². The average Bonchev–Trinajstić information content (AvgIpc) is 2.85. The summed E-state index contributed by atoms with van der Waals surface area (Å²) in [5.41, 5.74) is 2.21. The number of hydrogen-bond donors (Lipinski definition) is 1. The van der Waals surface area contributed by atoms with Crippen molar-refractivity contribution in [2.45, 2.75) is 19.3 Å². The first-order valence-electron chi connectivity index (χ1n) is 11.7. The summed E-state index contributed by atoms with van der Waals surface area (Å²) in [4.78, 5) is 15.6. The molecule has 0 radical (unpaired) electrons. The second-order valence-electron chi connectivity index (χ2n) is 8.82. The Balaban J connectivity index is 1.43. The predicted molar refractivity (Wildman–Crippen MR) is 125 cm³/mol. The molecule has 0 saturated carbocycles. The van der Waals surface area contributed by atoms with Gasteiger partial charge in [-0.15, -0.1) is 0 Å². The standard InChI is InChI=1S/C26H33FN2O4/c1-31-24-7-6-22(27)18-23(24)21-4-2-20(3-5-21)19-26(8-14-32-15-9-26)25(30)28-10-11-29-12-16-33-17-13-29/h2-7,18H,8-17,19H2,1H3,(H,28,30). The SMILES string of the molecule is COc1ccc(F)cc1-c1ccc(CC2(C(=O)NCCN3CCOCC3)CCOCC2)cc1. The molecule has 0 aromatic heterocycles. The van der Waals surface area contributed by atoms with E-state index in [1.165, 1.54) is 12.1 Å². The maximum atomic E-state index is 13.8. The number of carbonyl (C=O) groups excluding carboxylic acids is 1. The zero-order valence-corrected chi connectivity index (χ0v) is 19.3. The lowest BCUT2D eigenvalue weighted by atomic mass is 9.74. The summed E-state index contributed by atoms with van der Waals surface area (Å²) >= 11 is 0. The topological polar surface area (TPSA) is 60.0 Å². The van der Waals surface area contributed by atoms with Crippen LogP contribution < -0.4 is 10.1 Å². The molecule has 2 aromatic rings. The van der Waals surface area contributed by atoms with Gasteiger partial charge in [0.25, 0.3) is 0 Å². The van der Waals surface area contributed by atoms with Crippen molar-refractivity contribution in [1.29, 1.82) is 0 Å². The Morgan fingerprint density at radius 3 is 2.45 bits per heavy atom. The van der Waals surface area contributed by atoms with Gasteiger partial charge in [-0.05, 0) is 48.6 Å². The third-order valence-corrected chi connectivity index (χ3v) is 6.72. The van der Waals surface area contributed by atoms with Crippen LogP contribution in [0.2, 0.25) is 0 Å². The Morgan fingerprint density at radius 1 is 1.06 bits per heavy atom. The maximum Gasteiger partial charge on any atom is 0.226 e. The highest BCUT2D eigenvalue weighted by Crippen LogP contribution is 2.36. The summed E-state index contributed by atoms with van der Waals surface area (Å²) in [5.74, 6) is 0.435. The number of amides is 1. The van der Waals surface area contributed by atoms with Crippen LogP contribution >= 0.6 is 0 Å². The number of morpholine rings is 1. The lowest BCUT2D eigenvalue weighted by Gasteiger charge is -2.36. The zero-order chi connectivity index (χ0) is 23.1. The minimum absolute atomic E-state index is 0.106. The first-order valence-corrected chi connectivity index (χ1v) is 11.7. The summed E-state index contributed by atoms with van der Waals surface area (Å²) in [7, 11) is 1.58. The Morgan fingerprint density at radius 2 is 1.76 bits per heavy atom. The van der Waals surface area contributed by atoms with E-state index in [4.69, 9.17) is 14.2 Å². The third kappa shape index (κ3) is 5.91. The smallest absolute Gasteiger partial charge is 0.226 e. The molecule has 33 heavy (non-hydrogen) atoms. The van der Waals surface area contributed by atoms with Crippen LogP contribution in [-0.4, -0.2) is 70.5 Å². The van der Waals surface area contributed by atoms with Gasteiger partial charge in [-0.25, -0.2) is 4.39 Å². The van der Waals surface area contributed by atoms with Crippen molar-refractivity contribution in [3.8, 4) is 16.9 Å². The summed E-state index contributed by atoms with van der Waals surface area (Å²) < 4.78 is 30.2. The van der Waals surface area contributed by atoms with Gasteiger partial charge in [0.15, 0.2) is 0 Å². The summed E-state index contributed by atoms with van der Waals surface area (Å²) in [6.07, 6.45) is 2.06. The molecule has 2 fully saturated rings. The fraction of sp³-hybridized carbons (Fsp3) is 0.500. The number of methoxy groups -OCH3 is 1. The predicted octanol–water partition coefficient (Wildman–Crippen LogP) is 3.29. The number of nitrogens with zero attached hydrogens (tertiary/aromatic N) is 1. The molecule has 0 bridgehead atoms. The number of rotatable bonds is 8. The Labute approximate surface area is 195 Å². The minimum atomic E-state index is -0.471. The number of carbonyl (C=O) groups is 1. The highest BCUT2D eigenvalue weighted by molar-refractivity contribution is 5.83. The molecule has 0 spiro atoms. The van der Waals surface area contributed by atoms with Crippen molar-refractivity contribution >= 4 is 5.91 Å². The van der Waals surface area contributed by atoms with E-state index in [1.54, 1.807) is 13.2 Å². The van der Waals surface area contributed by atoms with Crippen LogP contribution in [0.3, 0.4) is 0 Å². The molecule has 6 nitrogen and oxygen atoms in total. The molecule has 7 heteroatoms. The Bertz CT molecular complexity index is 922. The van der Waals surface area contributed by atoms with E-state index in [2.05, 4.69) is 10.2 Å². The van der Waals surface area contributed by atoms with Crippen molar-refractivity contribution in [2.24, 2.45) is 5.41 Å². The van der Waals surface area contributed by atoms with Gasteiger partial charge in [-0.1, -0.05) is 24.3 Å². The fourth-order valence-corrected chi connectivity index (χ4v) is 4.68. The van der Waals surface area contributed by atoms with Gasteiger partial charge < -0.3 is 19.5 Å². The van der Waals surface area contributed by atoms with Gasteiger partial charge in [-0.2, -0.15) is 0 Å². The van der Waals surface area contributed by atoms with Crippen LogP contribution in [0.1, 0.15) is 18.4 Å². The number of ether oxygens (including phenoxy) is 3. The van der Waals surface area contributed by atoms with Crippen molar-refractivity contribution in [3.05, 3.63) is 53.8 Å². The Kier molecular flexibility index (Phi) is 7.96. The van der Waals surface area contributed by atoms with Gasteiger partial charge in [-0.3, -0.25) is 9.69 Å². The zero-order valence-electron chi connectivity index (χ0n) is 19.3. The molecule has 178 valence electrons. The van der Waals surface area contributed by atoms with E-state index < -0.39 is 5.41 Å².